The summed E-state index contributed by atoms with van der Waals surface area (Å²) in [4.78, 5) is 3.91. The molecular formula is C16H23N3O2. The van der Waals surface area contributed by atoms with E-state index in [1.165, 1.54) is 18.4 Å². The zero-order valence-electron chi connectivity index (χ0n) is 12.7. The third-order valence-electron chi connectivity index (χ3n) is 3.31. The molecule has 0 spiro atoms. The van der Waals surface area contributed by atoms with Gasteiger partial charge in [-0.1, -0.05) is 24.2 Å². The van der Waals surface area contributed by atoms with Crippen LogP contribution in [0.5, 0.6) is 5.75 Å². The van der Waals surface area contributed by atoms with Gasteiger partial charge in [-0.05, 0) is 50.4 Å². The molecule has 0 aliphatic heterocycles. The van der Waals surface area contributed by atoms with Crippen LogP contribution in [0.15, 0.2) is 35.2 Å². The largest absolute Gasteiger partial charge is 0.485 e. The second kappa shape index (κ2) is 8.42. The van der Waals surface area contributed by atoms with Crippen LogP contribution < -0.4 is 10.1 Å². The Kier molecular flexibility index (Phi) is 6.22. The van der Waals surface area contributed by atoms with E-state index in [0.717, 1.165) is 25.1 Å². The van der Waals surface area contributed by atoms with Crippen molar-refractivity contribution in [2.75, 3.05) is 6.54 Å². The van der Waals surface area contributed by atoms with Crippen LogP contribution in [0.4, 0.5) is 0 Å². The molecule has 1 aromatic heterocycles. The van der Waals surface area contributed by atoms with Gasteiger partial charge in [-0.25, -0.2) is 0 Å². The van der Waals surface area contributed by atoms with E-state index >= 15 is 0 Å². The molecule has 5 heteroatoms. The van der Waals surface area contributed by atoms with Gasteiger partial charge in [-0.15, -0.1) is 0 Å². The van der Waals surface area contributed by atoms with Crippen molar-refractivity contribution in [2.24, 2.45) is 0 Å². The number of hydrogen-bond acceptors (Lipinski definition) is 5. The van der Waals surface area contributed by atoms with Crippen molar-refractivity contribution in [1.29, 1.82) is 0 Å². The third kappa shape index (κ3) is 5.55. The molecule has 0 bridgehead atoms. The highest BCUT2D eigenvalue weighted by Crippen LogP contribution is 2.15. The van der Waals surface area contributed by atoms with E-state index in [4.69, 9.17) is 4.74 Å². The average molecular weight is 289 g/mol. The van der Waals surface area contributed by atoms with Gasteiger partial charge in [0, 0.05) is 6.04 Å². The van der Waals surface area contributed by atoms with Crippen molar-refractivity contribution < 1.29 is 9.26 Å². The molecule has 1 N–H and O–H groups in total. The van der Waals surface area contributed by atoms with Crippen LogP contribution in [0, 0.1) is 0 Å². The van der Waals surface area contributed by atoms with Gasteiger partial charge in [0.1, 0.15) is 5.75 Å². The van der Waals surface area contributed by atoms with Gasteiger partial charge in [-0.3, -0.25) is 0 Å². The predicted octanol–water partition coefficient (Wildman–Crippen LogP) is 2.97. The van der Waals surface area contributed by atoms with Crippen LogP contribution >= 0.6 is 0 Å². The van der Waals surface area contributed by atoms with Gasteiger partial charge in [0.25, 0.3) is 0 Å². The van der Waals surface area contributed by atoms with Crippen LogP contribution in [-0.4, -0.2) is 22.7 Å². The fraction of sp³-hybridized carbons (Fsp3) is 0.500. The molecule has 0 saturated heterocycles. The van der Waals surface area contributed by atoms with E-state index in [2.05, 4.69) is 46.0 Å². The van der Waals surface area contributed by atoms with Crippen molar-refractivity contribution in [3.63, 3.8) is 0 Å². The highest BCUT2D eigenvalue weighted by atomic mass is 16.5. The van der Waals surface area contributed by atoms with E-state index in [-0.39, 0.29) is 0 Å². The van der Waals surface area contributed by atoms with Gasteiger partial charge < -0.3 is 14.6 Å². The minimum absolute atomic E-state index is 0.327. The number of aromatic nitrogens is 2. The van der Waals surface area contributed by atoms with Gasteiger partial charge in [-0.2, -0.15) is 4.98 Å². The lowest BCUT2D eigenvalue weighted by Crippen LogP contribution is -2.27. The Morgan fingerprint density at radius 1 is 1.29 bits per heavy atom. The number of benzene rings is 1. The molecule has 0 aliphatic rings. The molecule has 0 amide bonds. The summed E-state index contributed by atoms with van der Waals surface area (Å²) in [5.74, 6) is 1.37. The predicted molar refractivity (Wildman–Crippen MR) is 81.1 cm³/mol. The first-order chi connectivity index (χ1) is 10.3. The standard InChI is InChI=1S/C16H23N3O2/c1-3-10-17-13(2)4-5-14-6-8-15(9-7-14)20-11-16-18-12-21-19-16/h6-9,12-13,17H,3-5,10-11H2,1-2H3. The first kappa shape index (κ1) is 15.5. The molecule has 1 aromatic carbocycles. The van der Waals surface area contributed by atoms with Crippen LogP contribution in [-0.2, 0) is 13.0 Å². The monoisotopic (exact) mass is 289 g/mol. The first-order valence-electron chi connectivity index (χ1n) is 7.48. The molecule has 0 radical (unpaired) electrons. The number of ether oxygens (including phenoxy) is 1. The summed E-state index contributed by atoms with van der Waals surface area (Å²) in [6, 6.07) is 8.74. The molecule has 0 aliphatic carbocycles. The summed E-state index contributed by atoms with van der Waals surface area (Å²) in [5.41, 5.74) is 1.33. The Hall–Kier alpha value is -1.88. The van der Waals surface area contributed by atoms with Crippen LogP contribution in [0.3, 0.4) is 0 Å². The van der Waals surface area contributed by atoms with Gasteiger partial charge in [0.05, 0.1) is 0 Å². The second-order valence-electron chi connectivity index (χ2n) is 5.17. The molecule has 1 heterocycles. The summed E-state index contributed by atoms with van der Waals surface area (Å²) in [7, 11) is 0. The molecule has 2 rings (SSSR count). The average Bonchev–Trinajstić information content (AvgIpc) is 3.03. The summed E-state index contributed by atoms with van der Waals surface area (Å²) >= 11 is 0. The topological polar surface area (TPSA) is 60.2 Å². The molecule has 0 saturated carbocycles. The zero-order valence-corrected chi connectivity index (χ0v) is 12.7. The van der Waals surface area contributed by atoms with E-state index in [1.54, 1.807) is 0 Å². The molecule has 1 unspecified atom stereocenters. The maximum absolute atomic E-state index is 5.59. The van der Waals surface area contributed by atoms with Crippen LogP contribution in [0.25, 0.3) is 0 Å². The lowest BCUT2D eigenvalue weighted by atomic mass is 10.1. The van der Waals surface area contributed by atoms with Crippen molar-refractivity contribution in [1.82, 2.24) is 15.5 Å². The Morgan fingerprint density at radius 2 is 2.10 bits per heavy atom. The summed E-state index contributed by atoms with van der Waals surface area (Å²) in [5, 5.41) is 7.21. The van der Waals surface area contributed by atoms with E-state index < -0.39 is 0 Å². The first-order valence-corrected chi connectivity index (χ1v) is 7.48. The number of nitrogens with zero attached hydrogens (tertiary/aromatic N) is 2. The lowest BCUT2D eigenvalue weighted by molar-refractivity contribution is 0.286. The number of hydrogen-bond donors (Lipinski definition) is 1. The molecule has 1 atom stereocenters. The summed E-state index contributed by atoms with van der Waals surface area (Å²) in [6.45, 7) is 5.84. The van der Waals surface area contributed by atoms with Crippen LogP contribution in [0.1, 0.15) is 38.1 Å². The van der Waals surface area contributed by atoms with Crippen molar-refractivity contribution in [2.45, 2.75) is 45.8 Å². The third-order valence-corrected chi connectivity index (χ3v) is 3.31. The molecule has 5 nitrogen and oxygen atoms in total. The fourth-order valence-corrected chi connectivity index (χ4v) is 2.03. The minimum atomic E-state index is 0.327. The maximum Gasteiger partial charge on any atom is 0.213 e. The lowest BCUT2D eigenvalue weighted by Gasteiger charge is -2.13. The quantitative estimate of drug-likeness (QED) is 0.769. The Morgan fingerprint density at radius 3 is 2.76 bits per heavy atom. The van der Waals surface area contributed by atoms with Crippen LogP contribution in [0.2, 0.25) is 0 Å². The van der Waals surface area contributed by atoms with Gasteiger partial charge >= 0.3 is 0 Å². The SMILES string of the molecule is CCCNC(C)CCc1ccc(OCc2ncon2)cc1. The Balaban J connectivity index is 1.73. The normalized spacial score (nSPS) is 12.3. The van der Waals surface area contributed by atoms with E-state index in [0.29, 0.717) is 18.5 Å². The maximum atomic E-state index is 5.59. The Labute approximate surface area is 125 Å². The molecule has 114 valence electrons. The fourth-order valence-electron chi connectivity index (χ4n) is 2.03. The molecule has 0 fully saturated rings. The van der Waals surface area contributed by atoms with Gasteiger partial charge in [0.2, 0.25) is 12.2 Å². The van der Waals surface area contributed by atoms with E-state index in [1.807, 2.05) is 12.1 Å². The molecule has 21 heavy (non-hydrogen) atoms. The minimum Gasteiger partial charge on any atom is -0.485 e. The number of rotatable bonds is 9. The van der Waals surface area contributed by atoms with Crippen molar-refractivity contribution >= 4 is 0 Å². The Bertz CT molecular complexity index is 497. The van der Waals surface area contributed by atoms with E-state index in [9.17, 15) is 0 Å². The summed E-state index contributed by atoms with van der Waals surface area (Å²) < 4.78 is 10.2. The second-order valence-corrected chi connectivity index (χ2v) is 5.17. The van der Waals surface area contributed by atoms with Crippen molar-refractivity contribution in [3.8, 4) is 5.75 Å². The number of nitrogens with one attached hydrogen (secondary N) is 1. The molecular weight excluding hydrogens is 266 g/mol. The highest BCUT2D eigenvalue weighted by molar-refractivity contribution is 5.27. The number of aryl methyl sites for hydroxylation is 1. The smallest absolute Gasteiger partial charge is 0.213 e. The van der Waals surface area contributed by atoms with Gasteiger partial charge in [0.15, 0.2) is 6.61 Å². The highest BCUT2D eigenvalue weighted by Gasteiger charge is 2.03. The van der Waals surface area contributed by atoms with Crippen molar-refractivity contribution in [3.05, 3.63) is 42.0 Å². The molecule has 2 aromatic rings. The summed E-state index contributed by atoms with van der Waals surface area (Å²) in [6.07, 6.45) is 4.69. The zero-order chi connectivity index (χ0) is 14.9.